The topological polar surface area (TPSA) is 78.1 Å². The van der Waals surface area contributed by atoms with Crippen LogP contribution in [0.25, 0.3) is 0 Å². The van der Waals surface area contributed by atoms with Crippen LogP contribution in [0.3, 0.4) is 0 Å². The summed E-state index contributed by atoms with van der Waals surface area (Å²) in [6.07, 6.45) is 0. The SMILES string of the molecule is CCOCCOCc1cccc(CN=C(N)Nc2ccccc2OC)c1. The van der Waals surface area contributed by atoms with Crippen LogP contribution in [-0.2, 0) is 22.6 Å². The van der Waals surface area contributed by atoms with Gasteiger partial charge in [-0.2, -0.15) is 0 Å². The van der Waals surface area contributed by atoms with E-state index in [1.54, 1.807) is 7.11 Å². The zero-order chi connectivity index (χ0) is 18.6. The van der Waals surface area contributed by atoms with Gasteiger partial charge in [0.25, 0.3) is 0 Å². The molecule has 0 amide bonds. The van der Waals surface area contributed by atoms with E-state index in [1.807, 2.05) is 49.4 Å². The van der Waals surface area contributed by atoms with Crippen molar-refractivity contribution in [3.8, 4) is 5.75 Å². The van der Waals surface area contributed by atoms with E-state index < -0.39 is 0 Å². The molecule has 0 radical (unpaired) electrons. The largest absolute Gasteiger partial charge is 0.495 e. The van der Waals surface area contributed by atoms with Crippen molar-refractivity contribution in [3.63, 3.8) is 0 Å². The summed E-state index contributed by atoms with van der Waals surface area (Å²) in [7, 11) is 1.62. The number of anilines is 1. The Bertz CT molecular complexity index is 704. The van der Waals surface area contributed by atoms with Crippen LogP contribution in [0.1, 0.15) is 18.1 Å². The molecule has 6 heteroatoms. The number of hydrogen-bond acceptors (Lipinski definition) is 4. The lowest BCUT2D eigenvalue weighted by atomic mass is 10.1. The second-order valence-electron chi connectivity index (χ2n) is 5.60. The number of rotatable bonds is 10. The molecule has 6 nitrogen and oxygen atoms in total. The first-order valence-electron chi connectivity index (χ1n) is 8.66. The van der Waals surface area contributed by atoms with Crippen LogP contribution < -0.4 is 15.8 Å². The first-order valence-corrected chi connectivity index (χ1v) is 8.66. The van der Waals surface area contributed by atoms with Crippen molar-refractivity contribution >= 4 is 11.6 Å². The number of methoxy groups -OCH3 is 1. The molecule has 0 aliphatic rings. The number of guanidine groups is 1. The highest BCUT2D eigenvalue weighted by molar-refractivity contribution is 5.93. The van der Waals surface area contributed by atoms with Gasteiger partial charge in [-0.15, -0.1) is 0 Å². The van der Waals surface area contributed by atoms with E-state index in [4.69, 9.17) is 19.9 Å². The van der Waals surface area contributed by atoms with Gasteiger partial charge in [-0.25, -0.2) is 4.99 Å². The Morgan fingerprint density at radius 2 is 1.81 bits per heavy atom. The summed E-state index contributed by atoms with van der Waals surface area (Å²) in [6, 6.07) is 15.7. The maximum Gasteiger partial charge on any atom is 0.193 e. The molecule has 0 unspecified atom stereocenters. The van der Waals surface area contributed by atoms with Gasteiger partial charge in [0.05, 0.1) is 39.2 Å². The third kappa shape index (κ3) is 6.74. The molecule has 0 aliphatic heterocycles. The molecule has 2 aromatic carbocycles. The molecule has 0 aliphatic carbocycles. The molecular formula is C20H27N3O3. The van der Waals surface area contributed by atoms with Crippen LogP contribution in [-0.4, -0.2) is 32.9 Å². The van der Waals surface area contributed by atoms with Gasteiger partial charge >= 0.3 is 0 Å². The quantitative estimate of drug-likeness (QED) is 0.388. The highest BCUT2D eigenvalue weighted by atomic mass is 16.5. The van der Waals surface area contributed by atoms with Gasteiger partial charge in [-0.3, -0.25) is 0 Å². The smallest absolute Gasteiger partial charge is 0.193 e. The highest BCUT2D eigenvalue weighted by Gasteiger charge is 2.02. The minimum absolute atomic E-state index is 0.341. The predicted molar refractivity (Wildman–Crippen MR) is 105 cm³/mol. The summed E-state index contributed by atoms with van der Waals surface area (Å²) >= 11 is 0. The monoisotopic (exact) mass is 357 g/mol. The van der Waals surface area contributed by atoms with Crippen molar-refractivity contribution in [1.82, 2.24) is 0 Å². The number of hydrogen-bond donors (Lipinski definition) is 2. The molecule has 3 N–H and O–H groups in total. The molecule has 0 spiro atoms. The average molecular weight is 357 g/mol. The highest BCUT2D eigenvalue weighted by Crippen LogP contribution is 2.22. The second-order valence-corrected chi connectivity index (χ2v) is 5.60. The summed E-state index contributed by atoms with van der Waals surface area (Å²) in [5.41, 5.74) is 8.94. The lowest BCUT2D eigenvalue weighted by molar-refractivity contribution is 0.0453. The van der Waals surface area contributed by atoms with Gasteiger partial charge in [-0.05, 0) is 30.2 Å². The van der Waals surface area contributed by atoms with E-state index in [9.17, 15) is 0 Å². The van der Waals surface area contributed by atoms with E-state index in [0.717, 1.165) is 22.6 Å². The third-order valence-corrected chi connectivity index (χ3v) is 3.64. The minimum Gasteiger partial charge on any atom is -0.495 e. The van der Waals surface area contributed by atoms with Gasteiger partial charge in [0, 0.05) is 6.61 Å². The van der Waals surface area contributed by atoms with Crippen LogP contribution in [0.15, 0.2) is 53.5 Å². The molecule has 0 fully saturated rings. The Kier molecular flexibility index (Phi) is 8.45. The molecule has 0 bridgehead atoms. The number of ether oxygens (including phenoxy) is 3. The van der Waals surface area contributed by atoms with E-state index in [2.05, 4.69) is 16.4 Å². The first kappa shape index (κ1) is 19.8. The summed E-state index contributed by atoms with van der Waals surface area (Å²) in [4.78, 5) is 4.39. The van der Waals surface area contributed by atoms with E-state index in [-0.39, 0.29) is 0 Å². The van der Waals surface area contributed by atoms with E-state index in [1.165, 1.54) is 0 Å². The number of nitrogens with one attached hydrogen (secondary N) is 1. The van der Waals surface area contributed by atoms with E-state index >= 15 is 0 Å². The van der Waals surface area contributed by atoms with Crippen LogP contribution in [0.5, 0.6) is 5.75 Å². The number of nitrogens with two attached hydrogens (primary N) is 1. The van der Waals surface area contributed by atoms with Crippen molar-refractivity contribution < 1.29 is 14.2 Å². The standard InChI is InChI=1S/C20H27N3O3/c1-3-25-11-12-26-15-17-8-6-7-16(13-17)14-22-20(21)23-18-9-4-5-10-19(18)24-2/h4-10,13H,3,11-12,14-15H2,1-2H3,(H3,21,22,23). The molecule has 0 saturated carbocycles. The fourth-order valence-electron chi connectivity index (χ4n) is 2.37. The molecule has 0 saturated heterocycles. The van der Waals surface area contributed by atoms with Gasteiger partial charge in [0.2, 0.25) is 0 Å². The molecule has 2 aromatic rings. The number of para-hydroxylation sites is 2. The average Bonchev–Trinajstić information content (AvgIpc) is 2.67. The molecule has 140 valence electrons. The van der Waals surface area contributed by atoms with Gasteiger partial charge in [-0.1, -0.05) is 36.4 Å². The minimum atomic E-state index is 0.341. The van der Waals surface area contributed by atoms with Crippen LogP contribution >= 0.6 is 0 Å². The maximum atomic E-state index is 5.99. The van der Waals surface area contributed by atoms with E-state index in [0.29, 0.717) is 38.9 Å². The third-order valence-electron chi connectivity index (χ3n) is 3.64. The predicted octanol–water partition coefficient (Wildman–Crippen LogP) is 3.18. The first-order chi connectivity index (χ1) is 12.7. The van der Waals surface area contributed by atoms with Crippen molar-refractivity contribution in [1.29, 1.82) is 0 Å². The molecule has 2 rings (SSSR count). The Labute approximate surface area is 155 Å². The molecular weight excluding hydrogens is 330 g/mol. The zero-order valence-electron chi connectivity index (χ0n) is 15.4. The Hall–Kier alpha value is -2.57. The fourth-order valence-corrected chi connectivity index (χ4v) is 2.37. The Balaban J connectivity index is 1.87. The molecule has 0 aromatic heterocycles. The second kappa shape index (κ2) is 11.1. The fraction of sp³-hybridized carbons (Fsp3) is 0.350. The lowest BCUT2D eigenvalue weighted by Crippen LogP contribution is -2.22. The summed E-state index contributed by atoms with van der Waals surface area (Å²) < 4.78 is 16.1. The van der Waals surface area contributed by atoms with Crippen LogP contribution in [0, 0.1) is 0 Å². The van der Waals surface area contributed by atoms with Crippen molar-refractivity contribution in [2.75, 3.05) is 32.2 Å². The van der Waals surface area contributed by atoms with Gasteiger partial charge < -0.3 is 25.3 Å². The van der Waals surface area contributed by atoms with Crippen molar-refractivity contribution in [2.45, 2.75) is 20.1 Å². The maximum absolute atomic E-state index is 5.99. The number of benzene rings is 2. The van der Waals surface area contributed by atoms with Crippen LogP contribution in [0.4, 0.5) is 5.69 Å². The summed E-state index contributed by atoms with van der Waals surface area (Å²) in [5, 5.41) is 3.06. The number of nitrogens with zero attached hydrogens (tertiary/aromatic N) is 1. The van der Waals surface area contributed by atoms with Crippen molar-refractivity contribution in [3.05, 3.63) is 59.7 Å². The van der Waals surface area contributed by atoms with Crippen LogP contribution in [0.2, 0.25) is 0 Å². The Morgan fingerprint density at radius 1 is 1.04 bits per heavy atom. The van der Waals surface area contributed by atoms with Crippen molar-refractivity contribution in [2.24, 2.45) is 10.7 Å². The normalized spacial score (nSPS) is 11.4. The van der Waals surface area contributed by atoms with Gasteiger partial charge in [0.1, 0.15) is 5.75 Å². The molecule has 0 atom stereocenters. The lowest BCUT2D eigenvalue weighted by Gasteiger charge is -2.10. The van der Waals surface area contributed by atoms with Gasteiger partial charge in [0.15, 0.2) is 5.96 Å². The summed E-state index contributed by atoms with van der Waals surface area (Å²) in [5.74, 6) is 1.06. The molecule has 26 heavy (non-hydrogen) atoms. The molecule has 0 heterocycles. The Morgan fingerprint density at radius 3 is 2.62 bits per heavy atom. The summed E-state index contributed by atoms with van der Waals surface area (Å²) in [6.45, 7) is 4.93. The number of aliphatic imine (C=N–C) groups is 1. The zero-order valence-corrected chi connectivity index (χ0v) is 15.4.